The van der Waals surface area contributed by atoms with Crippen LogP contribution in [0.3, 0.4) is 0 Å². The zero-order valence-electron chi connectivity index (χ0n) is 9.46. The van der Waals surface area contributed by atoms with Crippen LogP contribution in [0.5, 0.6) is 0 Å². The lowest BCUT2D eigenvalue weighted by Gasteiger charge is -2.07. The number of hydrogen-bond donors (Lipinski definition) is 1. The van der Waals surface area contributed by atoms with E-state index in [1.54, 1.807) is 13.1 Å². The zero-order valence-corrected chi connectivity index (χ0v) is 10.3. The van der Waals surface area contributed by atoms with Gasteiger partial charge in [-0.1, -0.05) is 24.3 Å². The molecule has 0 fully saturated rings. The van der Waals surface area contributed by atoms with Gasteiger partial charge in [0.25, 0.3) is 0 Å². The molecule has 4 heteroatoms. The monoisotopic (exact) mass is 247 g/mol. The molecule has 1 aromatic heterocycles. The summed E-state index contributed by atoms with van der Waals surface area (Å²) in [5, 5.41) is 10.7. The molecule has 0 radical (unpaired) electrons. The van der Waals surface area contributed by atoms with Crippen LogP contribution in [0.4, 0.5) is 0 Å². The van der Waals surface area contributed by atoms with Gasteiger partial charge in [-0.25, -0.2) is 0 Å². The molecule has 0 bridgehead atoms. The number of nitrogens with zero attached hydrogens (tertiary/aromatic N) is 1. The van der Waals surface area contributed by atoms with Crippen molar-refractivity contribution in [1.82, 2.24) is 4.98 Å². The van der Waals surface area contributed by atoms with E-state index in [4.69, 9.17) is 5.11 Å². The maximum atomic E-state index is 10.7. The number of pyridine rings is 1. The summed E-state index contributed by atoms with van der Waals surface area (Å²) in [6, 6.07) is 9.97. The number of thioether (sulfide) groups is 1. The van der Waals surface area contributed by atoms with E-state index in [0.717, 1.165) is 16.5 Å². The molecule has 1 atom stereocenters. The van der Waals surface area contributed by atoms with Gasteiger partial charge in [-0.05, 0) is 18.4 Å². The van der Waals surface area contributed by atoms with Crippen LogP contribution in [-0.2, 0) is 10.5 Å². The Labute approximate surface area is 104 Å². The Morgan fingerprint density at radius 2 is 2.18 bits per heavy atom. The lowest BCUT2D eigenvalue weighted by atomic mass is 10.1. The Balaban J connectivity index is 2.21. The van der Waals surface area contributed by atoms with Crippen molar-refractivity contribution < 1.29 is 9.90 Å². The summed E-state index contributed by atoms with van der Waals surface area (Å²) < 4.78 is 0. The van der Waals surface area contributed by atoms with E-state index < -0.39 is 11.2 Å². The first-order valence-electron chi connectivity index (χ1n) is 5.35. The van der Waals surface area contributed by atoms with E-state index in [0.29, 0.717) is 5.75 Å². The van der Waals surface area contributed by atoms with Crippen molar-refractivity contribution in [2.24, 2.45) is 0 Å². The lowest BCUT2D eigenvalue weighted by Crippen LogP contribution is -2.11. The van der Waals surface area contributed by atoms with Crippen LogP contribution in [-0.4, -0.2) is 21.3 Å². The number of benzene rings is 1. The highest BCUT2D eigenvalue weighted by atomic mass is 32.2. The number of rotatable bonds is 4. The molecule has 1 N–H and O–H groups in total. The molecule has 0 aliphatic rings. The average Bonchev–Trinajstić information content (AvgIpc) is 2.35. The summed E-state index contributed by atoms with van der Waals surface area (Å²) in [4.78, 5) is 15.1. The third kappa shape index (κ3) is 2.77. The first-order valence-corrected chi connectivity index (χ1v) is 6.40. The van der Waals surface area contributed by atoms with E-state index in [9.17, 15) is 4.79 Å². The minimum absolute atomic E-state index is 0.407. The zero-order chi connectivity index (χ0) is 12.3. The Morgan fingerprint density at radius 1 is 1.41 bits per heavy atom. The van der Waals surface area contributed by atoms with Gasteiger partial charge >= 0.3 is 5.97 Å². The van der Waals surface area contributed by atoms with Crippen LogP contribution in [0.1, 0.15) is 12.6 Å². The molecule has 17 heavy (non-hydrogen) atoms. The second-order valence-electron chi connectivity index (χ2n) is 3.77. The van der Waals surface area contributed by atoms with Gasteiger partial charge in [0, 0.05) is 17.3 Å². The van der Waals surface area contributed by atoms with Crippen molar-refractivity contribution in [1.29, 1.82) is 0 Å². The summed E-state index contributed by atoms with van der Waals surface area (Å²) in [7, 11) is 0. The number of carboxylic acid groups (broad SMARTS) is 1. The van der Waals surface area contributed by atoms with E-state index >= 15 is 0 Å². The molecule has 3 nitrogen and oxygen atoms in total. The number of carboxylic acids is 1. The van der Waals surface area contributed by atoms with Gasteiger partial charge in [-0.2, -0.15) is 0 Å². The normalized spacial score (nSPS) is 12.5. The van der Waals surface area contributed by atoms with E-state index in [1.807, 2.05) is 30.3 Å². The third-order valence-corrected chi connectivity index (χ3v) is 3.72. The van der Waals surface area contributed by atoms with Gasteiger partial charge in [0.05, 0.1) is 10.9 Å². The SMILES string of the molecule is CC(SCc1nccc2ccccc12)C(=O)O. The van der Waals surface area contributed by atoms with Crippen molar-refractivity contribution >= 4 is 28.5 Å². The van der Waals surface area contributed by atoms with E-state index in [-0.39, 0.29) is 0 Å². The van der Waals surface area contributed by atoms with Crippen molar-refractivity contribution in [3.05, 3.63) is 42.2 Å². The molecule has 88 valence electrons. The smallest absolute Gasteiger partial charge is 0.316 e. The number of aliphatic carboxylic acids is 1. The van der Waals surface area contributed by atoms with Crippen molar-refractivity contribution in [3.63, 3.8) is 0 Å². The third-order valence-electron chi connectivity index (χ3n) is 2.57. The summed E-state index contributed by atoms with van der Waals surface area (Å²) in [6.45, 7) is 1.69. The molecule has 0 spiro atoms. The largest absolute Gasteiger partial charge is 0.480 e. The number of fused-ring (bicyclic) bond motifs is 1. The Morgan fingerprint density at radius 3 is 2.94 bits per heavy atom. The van der Waals surface area contributed by atoms with Crippen LogP contribution in [0.2, 0.25) is 0 Å². The fraction of sp³-hybridized carbons (Fsp3) is 0.231. The molecular weight excluding hydrogens is 234 g/mol. The molecule has 0 saturated carbocycles. The highest BCUT2D eigenvalue weighted by Gasteiger charge is 2.12. The molecule has 1 unspecified atom stereocenters. The quantitative estimate of drug-likeness (QED) is 0.902. The minimum Gasteiger partial charge on any atom is -0.480 e. The topological polar surface area (TPSA) is 50.2 Å². The van der Waals surface area contributed by atoms with Crippen LogP contribution >= 0.6 is 11.8 Å². The Kier molecular flexibility index (Phi) is 3.64. The number of aromatic nitrogens is 1. The highest BCUT2D eigenvalue weighted by Crippen LogP contribution is 2.22. The summed E-state index contributed by atoms with van der Waals surface area (Å²) in [6.07, 6.45) is 1.77. The van der Waals surface area contributed by atoms with Crippen molar-refractivity contribution in [2.75, 3.05) is 0 Å². The second-order valence-corrected chi connectivity index (χ2v) is 5.10. The number of hydrogen-bond acceptors (Lipinski definition) is 3. The molecule has 0 aliphatic carbocycles. The fourth-order valence-corrected chi connectivity index (χ4v) is 2.35. The molecule has 0 aliphatic heterocycles. The molecule has 1 heterocycles. The minimum atomic E-state index is -0.782. The van der Waals surface area contributed by atoms with Gasteiger partial charge in [0.2, 0.25) is 0 Å². The predicted molar refractivity (Wildman–Crippen MR) is 70.1 cm³/mol. The Bertz CT molecular complexity index is 536. The van der Waals surface area contributed by atoms with Gasteiger partial charge in [-0.3, -0.25) is 9.78 Å². The van der Waals surface area contributed by atoms with Crippen LogP contribution < -0.4 is 0 Å². The maximum Gasteiger partial charge on any atom is 0.316 e. The second kappa shape index (κ2) is 5.19. The summed E-state index contributed by atoms with van der Waals surface area (Å²) in [5.74, 6) is -0.162. The van der Waals surface area contributed by atoms with Crippen molar-refractivity contribution in [3.8, 4) is 0 Å². The van der Waals surface area contributed by atoms with Crippen LogP contribution in [0.15, 0.2) is 36.5 Å². The van der Waals surface area contributed by atoms with Gasteiger partial charge in [-0.15, -0.1) is 11.8 Å². The standard InChI is InChI=1S/C13H13NO2S/c1-9(13(15)16)17-8-12-11-5-3-2-4-10(11)6-7-14-12/h2-7,9H,8H2,1H3,(H,15,16). The first-order chi connectivity index (χ1) is 8.18. The summed E-state index contributed by atoms with van der Waals surface area (Å²) >= 11 is 1.39. The fourth-order valence-electron chi connectivity index (χ4n) is 1.57. The average molecular weight is 247 g/mol. The Hall–Kier alpha value is -1.55. The van der Waals surface area contributed by atoms with E-state index in [1.165, 1.54) is 11.8 Å². The van der Waals surface area contributed by atoms with Crippen LogP contribution in [0, 0.1) is 0 Å². The van der Waals surface area contributed by atoms with Gasteiger partial charge < -0.3 is 5.11 Å². The molecule has 2 aromatic rings. The van der Waals surface area contributed by atoms with Gasteiger partial charge in [0.15, 0.2) is 0 Å². The predicted octanol–water partition coefficient (Wildman–Crippen LogP) is 2.94. The van der Waals surface area contributed by atoms with Gasteiger partial charge in [0.1, 0.15) is 0 Å². The van der Waals surface area contributed by atoms with E-state index in [2.05, 4.69) is 4.98 Å². The molecule has 2 rings (SSSR count). The highest BCUT2D eigenvalue weighted by molar-refractivity contribution is 7.99. The molecular formula is C13H13NO2S. The molecule has 0 saturated heterocycles. The van der Waals surface area contributed by atoms with Crippen LogP contribution in [0.25, 0.3) is 10.8 Å². The number of carbonyl (C=O) groups is 1. The molecule has 1 aromatic carbocycles. The molecule has 0 amide bonds. The first kappa shape index (κ1) is 11.9. The maximum absolute atomic E-state index is 10.7. The van der Waals surface area contributed by atoms with Crippen molar-refractivity contribution in [2.45, 2.75) is 17.9 Å². The summed E-state index contributed by atoms with van der Waals surface area (Å²) in [5.41, 5.74) is 0.946. The lowest BCUT2D eigenvalue weighted by molar-refractivity contribution is -0.136.